The number of nitrogens with zero attached hydrogens (tertiary/aromatic N) is 3. The first-order chi connectivity index (χ1) is 14.6. The molecule has 1 aliphatic heterocycles. The maximum absolute atomic E-state index is 13.1. The summed E-state index contributed by atoms with van der Waals surface area (Å²) in [6, 6.07) is 12.0. The molecule has 4 rings (SSSR count). The van der Waals surface area contributed by atoms with E-state index in [4.69, 9.17) is 4.74 Å². The van der Waals surface area contributed by atoms with E-state index < -0.39 is 0 Å². The molecular weight excluding hydrogens is 381 g/mol. The van der Waals surface area contributed by atoms with Crippen LogP contribution in [-0.2, 0) is 29.1 Å². The van der Waals surface area contributed by atoms with Gasteiger partial charge in [-0.25, -0.2) is 9.38 Å². The van der Waals surface area contributed by atoms with Gasteiger partial charge in [-0.2, -0.15) is 0 Å². The number of ketones is 1. The van der Waals surface area contributed by atoms with Gasteiger partial charge in [0.25, 0.3) is 0 Å². The van der Waals surface area contributed by atoms with Crippen molar-refractivity contribution in [1.82, 2.24) is 9.97 Å². The summed E-state index contributed by atoms with van der Waals surface area (Å²) in [6.45, 7) is 2.92. The number of hydrogen-bond acceptors (Lipinski definition) is 5. The van der Waals surface area contributed by atoms with E-state index in [2.05, 4.69) is 15.0 Å². The van der Waals surface area contributed by atoms with E-state index in [1.807, 2.05) is 25.1 Å². The Morgan fingerprint density at radius 1 is 1.17 bits per heavy atom. The van der Waals surface area contributed by atoms with Gasteiger partial charge in [-0.1, -0.05) is 19.1 Å². The Morgan fingerprint density at radius 3 is 2.70 bits per heavy atom. The van der Waals surface area contributed by atoms with E-state index in [0.717, 1.165) is 27.9 Å². The van der Waals surface area contributed by atoms with Crippen molar-refractivity contribution in [2.75, 3.05) is 0 Å². The Hall–Kier alpha value is -3.41. The molecule has 6 heteroatoms. The van der Waals surface area contributed by atoms with E-state index in [-0.39, 0.29) is 23.9 Å². The highest BCUT2D eigenvalue weighted by molar-refractivity contribution is 5.97. The van der Waals surface area contributed by atoms with Crippen molar-refractivity contribution in [3.05, 3.63) is 94.8 Å². The lowest BCUT2D eigenvalue weighted by Gasteiger charge is -2.11. The minimum atomic E-state index is -0.272. The molecule has 152 valence electrons. The average molecular weight is 403 g/mol. The fraction of sp³-hybridized carbons (Fsp3) is 0.250. The summed E-state index contributed by atoms with van der Waals surface area (Å²) >= 11 is 0. The Kier molecular flexibility index (Phi) is 5.93. The molecule has 0 amide bonds. The molecule has 0 bridgehead atoms. The molecule has 3 aromatic rings. The number of ether oxygens (including phenoxy) is 1. The Labute approximate surface area is 174 Å². The van der Waals surface area contributed by atoms with Gasteiger partial charge in [0.05, 0.1) is 12.1 Å². The molecule has 0 saturated carbocycles. The lowest BCUT2D eigenvalue weighted by Crippen LogP contribution is -2.10. The SMILES string of the molecule is C[C@@H](CC(=O)Cc1cc2c(cn1)C(OCc1ccncc1)=NC2)c1ccc(F)cc1. The maximum atomic E-state index is 13.1. The number of fused-ring (bicyclic) bond motifs is 1. The molecule has 2 aromatic heterocycles. The number of pyridine rings is 2. The highest BCUT2D eigenvalue weighted by Crippen LogP contribution is 2.23. The minimum Gasteiger partial charge on any atom is -0.473 e. The van der Waals surface area contributed by atoms with Gasteiger partial charge in [0, 0.05) is 37.1 Å². The quantitative estimate of drug-likeness (QED) is 0.587. The summed E-state index contributed by atoms with van der Waals surface area (Å²) in [6.07, 6.45) is 5.85. The molecule has 3 heterocycles. The van der Waals surface area contributed by atoms with Crippen molar-refractivity contribution in [2.24, 2.45) is 4.99 Å². The third-order valence-electron chi connectivity index (χ3n) is 5.15. The molecule has 0 unspecified atom stereocenters. The Balaban J connectivity index is 1.34. The van der Waals surface area contributed by atoms with Crippen LogP contribution in [0.15, 0.2) is 66.0 Å². The summed E-state index contributed by atoms with van der Waals surface area (Å²) in [5, 5.41) is 0. The second kappa shape index (κ2) is 8.95. The van der Waals surface area contributed by atoms with Crippen LogP contribution in [0, 0.1) is 5.82 Å². The van der Waals surface area contributed by atoms with Gasteiger partial charge in [0.1, 0.15) is 18.2 Å². The molecule has 0 aliphatic carbocycles. The highest BCUT2D eigenvalue weighted by atomic mass is 19.1. The smallest absolute Gasteiger partial charge is 0.218 e. The van der Waals surface area contributed by atoms with Crippen molar-refractivity contribution in [2.45, 2.75) is 38.8 Å². The van der Waals surface area contributed by atoms with Crippen LogP contribution in [0.25, 0.3) is 0 Å². The van der Waals surface area contributed by atoms with Crippen LogP contribution in [0.3, 0.4) is 0 Å². The van der Waals surface area contributed by atoms with Crippen molar-refractivity contribution in [1.29, 1.82) is 0 Å². The number of carbonyl (C=O) groups excluding carboxylic acids is 1. The summed E-state index contributed by atoms with van der Waals surface area (Å²) in [5.74, 6) is 0.444. The van der Waals surface area contributed by atoms with Gasteiger partial charge in [0.2, 0.25) is 5.90 Å². The number of rotatable bonds is 7. The topological polar surface area (TPSA) is 64.4 Å². The van der Waals surface area contributed by atoms with Crippen LogP contribution in [0.1, 0.15) is 47.2 Å². The van der Waals surface area contributed by atoms with Gasteiger partial charge in [-0.15, -0.1) is 0 Å². The first-order valence-electron chi connectivity index (χ1n) is 9.90. The average Bonchev–Trinajstić information content (AvgIpc) is 3.15. The molecule has 0 saturated heterocycles. The van der Waals surface area contributed by atoms with Crippen LogP contribution < -0.4 is 0 Å². The number of carbonyl (C=O) groups is 1. The number of halogens is 1. The zero-order valence-corrected chi connectivity index (χ0v) is 16.7. The first-order valence-corrected chi connectivity index (χ1v) is 9.90. The van der Waals surface area contributed by atoms with Crippen molar-refractivity contribution in [3.8, 4) is 0 Å². The van der Waals surface area contributed by atoms with Gasteiger partial charge < -0.3 is 4.74 Å². The number of aliphatic imine (C=N–C) groups is 1. The molecule has 5 nitrogen and oxygen atoms in total. The van der Waals surface area contributed by atoms with E-state index in [1.165, 1.54) is 12.1 Å². The van der Waals surface area contributed by atoms with Crippen LogP contribution in [0.2, 0.25) is 0 Å². The van der Waals surface area contributed by atoms with E-state index in [0.29, 0.717) is 25.5 Å². The van der Waals surface area contributed by atoms with Gasteiger partial charge in [-0.05, 0) is 52.9 Å². The Morgan fingerprint density at radius 2 is 1.93 bits per heavy atom. The molecule has 0 radical (unpaired) electrons. The van der Waals surface area contributed by atoms with Crippen LogP contribution in [-0.4, -0.2) is 21.6 Å². The molecule has 30 heavy (non-hydrogen) atoms. The van der Waals surface area contributed by atoms with Gasteiger partial charge in [-0.3, -0.25) is 14.8 Å². The van der Waals surface area contributed by atoms with Crippen LogP contribution >= 0.6 is 0 Å². The first kappa shape index (κ1) is 19.9. The van der Waals surface area contributed by atoms with E-state index in [9.17, 15) is 9.18 Å². The van der Waals surface area contributed by atoms with Gasteiger partial charge >= 0.3 is 0 Å². The predicted molar refractivity (Wildman–Crippen MR) is 112 cm³/mol. The monoisotopic (exact) mass is 403 g/mol. The summed E-state index contributed by atoms with van der Waals surface area (Å²) in [4.78, 5) is 25.4. The molecule has 1 aliphatic rings. The Bertz CT molecular complexity index is 1070. The molecule has 0 fully saturated rings. The van der Waals surface area contributed by atoms with Crippen molar-refractivity contribution < 1.29 is 13.9 Å². The van der Waals surface area contributed by atoms with E-state index in [1.54, 1.807) is 30.7 Å². The lowest BCUT2D eigenvalue weighted by atomic mass is 9.94. The summed E-state index contributed by atoms with van der Waals surface area (Å²) in [5.41, 5.74) is 4.60. The number of hydrogen-bond donors (Lipinski definition) is 0. The summed E-state index contributed by atoms with van der Waals surface area (Å²) < 4.78 is 18.9. The number of benzene rings is 1. The van der Waals surface area contributed by atoms with Crippen LogP contribution in [0.4, 0.5) is 4.39 Å². The number of Topliss-reactive ketones (excluding diaryl/α,β-unsaturated/α-hetero) is 1. The lowest BCUT2D eigenvalue weighted by molar-refractivity contribution is -0.118. The minimum absolute atomic E-state index is 0.0315. The zero-order valence-electron chi connectivity index (χ0n) is 16.7. The predicted octanol–water partition coefficient (Wildman–Crippen LogP) is 4.40. The van der Waals surface area contributed by atoms with Gasteiger partial charge in [0.15, 0.2) is 0 Å². The van der Waals surface area contributed by atoms with Crippen molar-refractivity contribution in [3.63, 3.8) is 0 Å². The van der Waals surface area contributed by atoms with Crippen LogP contribution in [0.5, 0.6) is 0 Å². The summed E-state index contributed by atoms with van der Waals surface area (Å²) in [7, 11) is 0. The molecule has 1 aromatic carbocycles. The normalized spacial score (nSPS) is 13.5. The second-order valence-corrected chi connectivity index (χ2v) is 7.47. The standard InChI is InChI=1S/C24H22FN3O2/c1-16(18-2-4-20(25)5-3-18)10-22(29)12-21-11-19-13-28-24(23(19)14-27-21)30-15-17-6-8-26-9-7-17/h2-9,11,14,16H,10,12-13,15H2,1H3/t16-/m0/s1. The highest BCUT2D eigenvalue weighted by Gasteiger charge is 2.20. The molecule has 0 N–H and O–H groups in total. The molecular formula is C24H22FN3O2. The third kappa shape index (κ3) is 4.76. The zero-order chi connectivity index (χ0) is 20.9. The second-order valence-electron chi connectivity index (χ2n) is 7.47. The van der Waals surface area contributed by atoms with E-state index >= 15 is 0 Å². The van der Waals surface area contributed by atoms with Crippen molar-refractivity contribution >= 4 is 11.7 Å². The maximum Gasteiger partial charge on any atom is 0.218 e. The molecule has 0 spiro atoms. The largest absolute Gasteiger partial charge is 0.473 e. The fourth-order valence-corrected chi connectivity index (χ4v) is 3.49. The third-order valence-corrected chi connectivity index (χ3v) is 5.15. The number of aromatic nitrogens is 2. The molecule has 1 atom stereocenters. The fourth-order valence-electron chi connectivity index (χ4n) is 3.49.